The largest absolute Gasteiger partial charge is 0.390 e. The monoisotopic (exact) mass is 1460 g/mol. The Morgan fingerprint density at radius 1 is 0.602 bits per heavy atom. The molecule has 29 heteroatoms. The zero-order valence-electron chi connectivity index (χ0n) is 62.0. The molecule has 0 aliphatic carbocycles. The first-order valence-corrected chi connectivity index (χ1v) is 36.0. The predicted molar refractivity (Wildman–Crippen MR) is 380 cm³/mol. The van der Waals surface area contributed by atoms with Gasteiger partial charge in [0.05, 0.1) is 42.7 Å². The van der Waals surface area contributed by atoms with E-state index in [9.17, 15) is 23.5 Å². The number of amides is 2. The lowest BCUT2D eigenvalue weighted by Crippen LogP contribution is -2.68. The van der Waals surface area contributed by atoms with Gasteiger partial charge in [0, 0.05) is 138 Å². The minimum Gasteiger partial charge on any atom is -0.390 e. The van der Waals surface area contributed by atoms with Gasteiger partial charge in [0.1, 0.15) is 57.2 Å². The van der Waals surface area contributed by atoms with Gasteiger partial charge in [0.25, 0.3) is 0 Å². The third-order valence-electron chi connectivity index (χ3n) is 18.7. The number of carbonyl (C=O) groups is 2. The SMILES string of the molecule is CC(C)(F)CCNC(CCC(=O)N[C@@H](Cc1ccc(C#Cc2cnc(N3C[C@@H]4CC[C@@H](C3)N4C3COC3)nc2)cc1)[C@@H](O)CN(Cc1c(F)cc(-c2ccn(C(F)F)n2)cc1F)NC(=O)CCC(NCCC(C)(C)F)(NCCC(C)(C)F)NCCC(C)(C)F)(NCCC(C)(C)F)NCCC(C)(C)F. The fourth-order valence-electron chi connectivity index (χ4n) is 12.7. The molecule has 3 saturated heterocycles. The number of aromatic nitrogens is 4. The molecule has 103 heavy (non-hydrogen) atoms. The van der Waals surface area contributed by atoms with Crippen LogP contribution in [-0.2, 0) is 27.3 Å². The molecule has 0 unspecified atom stereocenters. The summed E-state index contributed by atoms with van der Waals surface area (Å²) < 4.78 is 156. The van der Waals surface area contributed by atoms with Crippen molar-refractivity contribution in [2.24, 2.45) is 0 Å². The van der Waals surface area contributed by atoms with Gasteiger partial charge < -0.3 is 20.1 Å². The lowest BCUT2D eigenvalue weighted by atomic mass is 9.99. The van der Waals surface area contributed by atoms with Crippen LogP contribution in [0.1, 0.15) is 189 Å². The number of piperazine rings is 1. The molecule has 3 fully saturated rings. The number of carbonyl (C=O) groups excluding carboxylic acids is 2. The molecule has 0 radical (unpaired) electrons. The number of hydrazine groups is 1. The molecule has 576 valence electrons. The van der Waals surface area contributed by atoms with Gasteiger partial charge in [0.2, 0.25) is 17.8 Å². The molecule has 5 heterocycles. The maximum absolute atomic E-state index is 16.6. The first-order valence-electron chi connectivity index (χ1n) is 36.0. The van der Waals surface area contributed by atoms with Gasteiger partial charge in [-0.1, -0.05) is 24.0 Å². The molecule has 2 aromatic carbocycles. The Kier molecular flexibility index (Phi) is 29.8. The van der Waals surface area contributed by atoms with Crippen molar-refractivity contribution in [1.29, 1.82) is 0 Å². The minimum atomic E-state index is -3.05. The second kappa shape index (κ2) is 36.5. The number of aliphatic hydroxyl groups is 1. The Bertz CT molecular complexity index is 3230. The van der Waals surface area contributed by atoms with Crippen molar-refractivity contribution in [2.45, 2.75) is 256 Å². The number of fused-ring (bicyclic) bond motifs is 2. The van der Waals surface area contributed by atoms with Crippen LogP contribution in [0.5, 0.6) is 0 Å². The number of anilines is 1. The quantitative estimate of drug-likeness (QED) is 0.00873. The molecule has 2 bridgehead atoms. The molecule has 7 rings (SSSR count). The molecular weight excluding hydrogens is 1350 g/mol. The summed E-state index contributed by atoms with van der Waals surface area (Å²) in [6.07, 6.45) is 3.78. The van der Waals surface area contributed by atoms with Gasteiger partial charge in [-0.05, 0) is 177 Å². The van der Waals surface area contributed by atoms with Gasteiger partial charge in [-0.15, -0.1) is 0 Å². The van der Waals surface area contributed by atoms with Crippen LogP contribution in [0.2, 0.25) is 0 Å². The van der Waals surface area contributed by atoms with Crippen LogP contribution in [0.25, 0.3) is 11.3 Å². The van der Waals surface area contributed by atoms with Gasteiger partial charge in [0.15, 0.2) is 0 Å². The molecule has 3 aliphatic rings. The van der Waals surface area contributed by atoms with E-state index >= 15 is 35.1 Å². The second-order valence-electron chi connectivity index (χ2n) is 31.6. The lowest BCUT2D eigenvalue weighted by molar-refractivity contribution is -0.128. The van der Waals surface area contributed by atoms with E-state index in [4.69, 9.17) is 4.74 Å². The minimum absolute atomic E-state index is 0.0107. The number of hydrogen-bond donors (Lipinski definition) is 9. The van der Waals surface area contributed by atoms with E-state index in [0.717, 1.165) is 68.5 Å². The first-order chi connectivity index (χ1) is 48.0. The van der Waals surface area contributed by atoms with Crippen molar-refractivity contribution in [2.75, 3.05) is 77.0 Å². The number of aliphatic hydroxyl groups excluding tert-OH is 1. The lowest BCUT2D eigenvalue weighted by Gasteiger charge is -2.47. The molecular formula is C74H111F10N15O4. The molecule has 0 saturated carbocycles. The summed E-state index contributed by atoms with van der Waals surface area (Å²) in [7, 11) is 0. The van der Waals surface area contributed by atoms with Crippen LogP contribution < -0.4 is 47.5 Å². The van der Waals surface area contributed by atoms with E-state index in [2.05, 4.69) is 79.4 Å². The number of nitrogens with one attached hydrogen (secondary N) is 8. The highest BCUT2D eigenvalue weighted by atomic mass is 19.3. The van der Waals surface area contributed by atoms with E-state index in [1.165, 1.54) is 83.1 Å². The zero-order chi connectivity index (χ0) is 75.8. The maximum atomic E-state index is 16.6. The number of nitrogens with zero attached hydrogens (tertiary/aromatic N) is 7. The standard InChI is InChI=1S/C74H111F10N15O4/c1-67(2,79)26-32-87-73(88-33-27-68(3,4)80,89-34-28-69(5,6)81)24-21-63(101)93-61(39-51-16-13-50(14-17-51)15-18-52-42-85-66(86-43-52)96-44-54-19-20-55(45-96)99(54)56-48-103-49-56)62(100)47-97(46-57-58(75)40-53(41-59(57)76)60-23-38-98(94-60)65(77)78)95-64(102)22-25-74(90-35-29-70(7,8)82,91-36-30-71(9,10)83)92-37-31-72(11,12)84/h13-14,16-17,23,38,40-43,54-56,61-62,65,87-92,100H,19-22,24-37,39,44-49H2,1-12H3,(H,93,101)(H,95,102)/t54-,55-,61-,62-/m0/s1. The Morgan fingerprint density at radius 3 is 1.43 bits per heavy atom. The normalized spacial score (nSPS) is 17.4. The van der Waals surface area contributed by atoms with Crippen molar-refractivity contribution < 1.29 is 63.3 Å². The van der Waals surface area contributed by atoms with Gasteiger partial charge >= 0.3 is 6.55 Å². The van der Waals surface area contributed by atoms with Crippen LogP contribution in [0.3, 0.4) is 0 Å². The molecule has 0 spiro atoms. The summed E-state index contributed by atoms with van der Waals surface area (Å²) in [5, 5.41) is 40.0. The number of halogens is 10. The number of benzene rings is 2. The maximum Gasteiger partial charge on any atom is 0.333 e. The van der Waals surface area contributed by atoms with Crippen LogP contribution in [-0.4, -0.2) is 195 Å². The number of rotatable bonds is 43. The third kappa shape index (κ3) is 29.0. The van der Waals surface area contributed by atoms with E-state index in [1.54, 1.807) is 36.7 Å². The van der Waals surface area contributed by atoms with E-state index in [0.29, 0.717) is 45.4 Å². The second-order valence-corrected chi connectivity index (χ2v) is 31.6. The summed E-state index contributed by atoms with van der Waals surface area (Å²) in [6.45, 7) is 15.7. The van der Waals surface area contributed by atoms with Crippen LogP contribution >= 0.6 is 0 Å². The predicted octanol–water partition coefficient (Wildman–Crippen LogP) is 10.6. The average Bonchev–Trinajstić information content (AvgIpc) is 1.64. The summed E-state index contributed by atoms with van der Waals surface area (Å²) in [5.74, 6) is 0.274. The van der Waals surface area contributed by atoms with Crippen molar-refractivity contribution >= 4 is 17.8 Å². The van der Waals surface area contributed by atoms with Gasteiger partial charge in [-0.3, -0.25) is 51.8 Å². The Hall–Kier alpha value is -6.07. The number of hydrogen-bond acceptors (Lipinski definition) is 16. The summed E-state index contributed by atoms with van der Waals surface area (Å²) in [5.41, 5.74) is -6.38. The third-order valence-corrected chi connectivity index (χ3v) is 18.7. The molecule has 4 aromatic rings. The molecule has 4 atom stereocenters. The smallest absolute Gasteiger partial charge is 0.333 e. The Morgan fingerprint density at radius 2 is 1.03 bits per heavy atom. The van der Waals surface area contributed by atoms with E-state index in [-0.39, 0.29) is 115 Å². The number of alkyl halides is 8. The highest BCUT2D eigenvalue weighted by Gasteiger charge is 2.46. The molecule has 3 aliphatic heterocycles. The summed E-state index contributed by atoms with van der Waals surface area (Å²) in [6, 6.07) is 9.91. The first kappa shape index (κ1) is 84.2. The Labute approximate surface area is 601 Å². The topological polar surface area (TPSA) is 213 Å². The molecule has 9 N–H and O–H groups in total. The van der Waals surface area contributed by atoms with Crippen LogP contribution in [0.15, 0.2) is 61.1 Å². The van der Waals surface area contributed by atoms with E-state index in [1.807, 2.05) is 0 Å². The summed E-state index contributed by atoms with van der Waals surface area (Å²) in [4.78, 5) is 43.6. The van der Waals surface area contributed by atoms with Gasteiger partial charge in [-0.2, -0.15) is 13.9 Å². The van der Waals surface area contributed by atoms with Crippen LogP contribution in [0.4, 0.5) is 49.9 Å². The van der Waals surface area contributed by atoms with Crippen molar-refractivity contribution in [3.05, 3.63) is 94.9 Å². The average molecular weight is 1460 g/mol. The van der Waals surface area contributed by atoms with Crippen molar-refractivity contribution in [3.63, 3.8) is 0 Å². The highest BCUT2D eigenvalue weighted by Crippen LogP contribution is 2.35. The highest BCUT2D eigenvalue weighted by molar-refractivity contribution is 5.76. The molecule has 19 nitrogen and oxygen atoms in total. The number of ether oxygens (including phenoxy) is 1. The fraction of sp³-hybridized carbons (Fsp3) is 0.689. The molecule has 2 aromatic heterocycles. The van der Waals surface area contributed by atoms with Crippen LogP contribution in [0, 0.1) is 23.5 Å². The van der Waals surface area contributed by atoms with Gasteiger partial charge in [-0.25, -0.2) is 54.8 Å². The van der Waals surface area contributed by atoms with Crippen molar-refractivity contribution in [3.8, 4) is 23.1 Å². The summed E-state index contributed by atoms with van der Waals surface area (Å²) >= 11 is 0. The Balaban J connectivity index is 1.20. The zero-order valence-corrected chi connectivity index (χ0v) is 62.0. The molecule has 2 amide bonds. The van der Waals surface area contributed by atoms with E-state index < -0.39 is 113 Å². The van der Waals surface area contributed by atoms with Crippen molar-refractivity contribution in [1.82, 2.24) is 72.3 Å². The fourth-order valence-corrected chi connectivity index (χ4v) is 12.7.